The van der Waals surface area contributed by atoms with Crippen LogP contribution in [-0.2, 0) is 9.53 Å². The lowest BCUT2D eigenvalue weighted by Gasteiger charge is -2.18. The predicted molar refractivity (Wildman–Crippen MR) is 72.1 cm³/mol. The summed E-state index contributed by atoms with van der Waals surface area (Å²) in [5.41, 5.74) is 7.68. The van der Waals surface area contributed by atoms with Gasteiger partial charge in [0.1, 0.15) is 0 Å². The maximum absolute atomic E-state index is 11.4. The number of rotatable bonds is 4. The third-order valence-electron chi connectivity index (χ3n) is 2.80. The van der Waals surface area contributed by atoms with E-state index in [1.165, 1.54) is 12.7 Å². The fourth-order valence-electron chi connectivity index (χ4n) is 1.42. The second-order valence-electron chi connectivity index (χ2n) is 4.16. The molecule has 0 saturated heterocycles. The SMILES string of the molecule is COC(=O)C(C)C(C)Sc1cc(N)ccc1C. The molecule has 0 aliphatic rings. The van der Waals surface area contributed by atoms with Crippen LogP contribution in [0.1, 0.15) is 19.4 Å². The maximum atomic E-state index is 11.4. The van der Waals surface area contributed by atoms with E-state index in [-0.39, 0.29) is 17.1 Å². The molecule has 3 nitrogen and oxygen atoms in total. The van der Waals surface area contributed by atoms with Gasteiger partial charge in [0.15, 0.2) is 0 Å². The minimum atomic E-state index is -0.174. The first-order valence-electron chi connectivity index (χ1n) is 5.56. The average Bonchev–Trinajstić information content (AvgIpc) is 2.31. The monoisotopic (exact) mass is 253 g/mol. The summed E-state index contributed by atoms with van der Waals surface area (Å²) in [6, 6.07) is 5.82. The molecule has 17 heavy (non-hydrogen) atoms. The van der Waals surface area contributed by atoms with Gasteiger partial charge in [-0.1, -0.05) is 19.9 Å². The van der Waals surface area contributed by atoms with E-state index in [4.69, 9.17) is 10.5 Å². The molecule has 1 rings (SSSR count). The number of ether oxygens (including phenoxy) is 1. The van der Waals surface area contributed by atoms with Crippen LogP contribution in [0.5, 0.6) is 0 Å². The number of nitrogen functional groups attached to an aromatic ring is 1. The van der Waals surface area contributed by atoms with Gasteiger partial charge in [-0.2, -0.15) is 0 Å². The molecule has 2 atom stereocenters. The molecular formula is C13H19NO2S. The van der Waals surface area contributed by atoms with Crippen molar-refractivity contribution in [3.63, 3.8) is 0 Å². The quantitative estimate of drug-likeness (QED) is 0.509. The number of aryl methyl sites for hydroxylation is 1. The fraction of sp³-hybridized carbons (Fsp3) is 0.462. The summed E-state index contributed by atoms with van der Waals surface area (Å²) in [7, 11) is 1.42. The number of carbonyl (C=O) groups is 1. The lowest BCUT2D eigenvalue weighted by atomic mass is 10.1. The van der Waals surface area contributed by atoms with E-state index in [1.54, 1.807) is 11.8 Å². The van der Waals surface area contributed by atoms with E-state index in [9.17, 15) is 4.79 Å². The van der Waals surface area contributed by atoms with Crippen molar-refractivity contribution in [2.24, 2.45) is 5.92 Å². The Bertz CT molecular complexity index is 406. The first-order chi connectivity index (χ1) is 7.95. The minimum Gasteiger partial charge on any atom is -0.469 e. The van der Waals surface area contributed by atoms with Crippen LogP contribution in [0, 0.1) is 12.8 Å². The average molecular weight is 253 g/mol. The smallest absolute Gasteiger partial charge is 0.309 e. The molecule has 0 saturated carbocycles. The van der Waals surface area contributed by atoms with Crippen LogP contribution in [0.15, 0.2) is 23.1 Å². The first kappa shape index (κ1) is 13.9. The Morgan fingerprint density at radius 3 is 2.65 bits per heavy atom. The molecule has 0 radical (unpaired) electrons. The Morgan fingerprint density at radius 1 is 1.41 bits per heavy atom. The van der Waals surface area contributed by atoms with Crippen LogP contribution < -0.4 is 5.73 Å². The van der Waals surface area contributed by atoms with E-state index >= 15 is 0 Å². The van der Waals surface area contributed by atoms with Crippen LogP contribution >= 0.6 is 11.8 Å². The summed E-state index contributed by atoms with van der Waals surface area (Å²) in [5.74, 6) is -0.308. The van der Waals surface area contributed by atoms with E-state index in [2.05, 4.69) is 0 Å². The summed E-state index contributed by atoms with van der Waals surface area (Å²) in [5, 5.41) is 0.156. The van der Waals surface area contributed by atoms with Crippen molar-refractivity contribution in [1.82, 2.24) is 0 Å². The van der Waals surface area contributed by atoms with Crippen molar-refractivity contribution in [2.45, 2.75) is 30.9 Å². The topological polar surface area (TPSA) is 52.3 Å². The van der Waals surface area contributed by atoms with Crippen molar-refractivity contribution < 1.29 is 9.53 Å². The lowest BCUT2D eigenvalue weighted by molar-refractivity contribution is -0.144. The zero-order valence-corrected chi connectivity index (χ0v) is 11.5. The van der Waals surface area contributed by atoms with Crippen LogP contribution in [-0.4, -0.2) is 18.3 Å². The van der Waals surface area contributed by atoms with Crippen LogP contribution in [0.4, 0.5) is 5.69 Å². The van der Waals surface area contributed by atoms with Gasteiger partial charge >= 0.3 is 5.97 Å². The zero-order valence-electron chi connectivity index (χ0n) is 10.7. The maximum Gasteiger partial charge on any atom is 0.309 e. The number of hydrogen-bond acceptors (Lipinski definition) is 4. The second kappa shape index (κ2) is 5.96. The molecule has 0 amide bonds. The van der Waals surface area contributed by atoms with Gasteiger partial charge in [0.25, 0.3) is 0 Å². The van der Waals surface area contributed by atoms with Gasteiger partial charge in [-0.3, -0.25) is 4.79 Å². The molecule has 1 aromatic rings. The molecule has 2 N–H and O–H groups in total. The normalized spacial score (nSPS) is 14.1. The third-order valence-corrected chi connectivity index (χ3v) is 4.28. The lowest BCUT2D eigenvalue weighted by Crippen LogP contribution is -2.22. The number of nitrogens with two attached hydrogens (primary N) is 1. The largest absolute Gasteiger partial charge is 0.469 e. The molecule has 0 fully saturated rings. The third kappa shape index (κ3) is 3.66. The summed E-state index contributed by atoms with van der Waals surface area (Å²) in [6.07, 6.45) is 0. The molecule has 0 bridgehead atoms. The minimum absolute atomic E-state index is 0.133. The second-order valence-corrected chi connectivity index (χ2v) is 5.58. The molecule has 0 aromatic heterocycles. The highest BCUT2D eigenvalue weighted by Crippen LogP contribution is 2.32. The van der Waals surface area contributed by atoms with Gasteiger partial charge in [-0.25, -0.2) is 0 Å². The Kier molecular flexibility index (Phi) is 4.87. The Labute approximate surface area is 107 Å². The van der Waals surface area contributed by atoms with Crippen molar-refractivity contribution in [3.8, 4) is 0 Å². The molecule has 94 valence electrons. The van der Waals surface area contributed by atoms with E-state index in [0.29, 0.717) is 0 Å². The Balaban J connectivity index is 2.77. The molecule has 0 spiro atoms. The molecule has 0 heterocycles. The summed E-state index contributed by atoms with van der Waals surface area (Å²) >= 11 is 1.66. The van der Waals surface area contributed by atoms with Crippen LogP contribution in [0.2, 0.25) is 0 Å². The standard InChI is InChI=1S/C13H19NO2S/c1-8-5-6-11(14)7-12(8)17-10(3)9(2)13(15)16-4/h5-7,9-10H,14H2,1-4H3. The number of esters is 1. The number of benzene rings is 1. The molecule has 4 heteroatoms. The van der Waals surface area contributed by atoms with Crippen molar-refractivity contribution in [1.29, 1.82) is 0 Å². The molecular weight excluding hydrogens is 234 g/mol. The van der Waals surface area contributed by atoms with E-state index in [0.717, 1.165) is 10.6 Å². The number of hydrogen-bond donors (Lipinski definition) is 1. The molecule has 0 aliphatic heterocycles. The van der Waals surface area contributed by atoms with E-state index in [1.807, 2.05) is 39.0 Å². The van der Waals surface area contributed by atoms with Gasteiger partial charge in [0.2, 0.25) is 0 Å². The van der Waals surface area contributed by atoms with Gasteiger partial charge in [0, 0.05) is 15.8 Å². The number of thioether (sulfide) groups is 1. The number of methoxy groups -OCH3 is 1. The van der Waals surface area contributed by atoms with E-state index < -0.39 is 0 Å². The van der Waals surface area contributed by atoms with Crippen molar-refractivity contribution in [2.75, 3.05) is 12.8 Å². The van der Waals surface area contributed by atoms with Crippen LogP contribution in [0.25, 0.3) is 0 Å². The van der Waals surface area contributed by atoms with Crippen molar-refractivity contribution >= 4 is 23.4 Å². The summed E-state index contributed by atoms with van der Waals surface area (Å²) < 4.78 is 4.75. The first-order valence-corrected chi connectivity index (χ1v) is 6.44. The van der Waals surface area contributed by atoms with Gasteiger partial charge in [0.05, 0.1) is 13.0 Å². The van der Waals surface area contributed by atoms with Crippen LogP contribution in [0.3, 0.4) is 0 Å². The van der Waals surface area contributed by atoms with Gasteiger partial charge < -0.3 is 10.5 Å². The zero-order chi connectivity index (χ0) is 13.0. The highest BCUT2D eigenvalue weighted by molar-refractivity contribution is 8.00. The molecule has 0 aliphatic carbocycles. The summed E-state index contributed by atoms with van der Waals surface area (Å²) in [6.45, 7) is 5.94. The van der Waals surface area contributed by atoms with Gasteiger partial charge in [-0.05, 0) is 24.6 Å². The molecule has 1 aromatic carbocycles. The fourth-order valence-corrected chi connectivity index (χ4v) is 2.60. The highest BCUT2D eigenvalue weighted by Gasteiger charge is 2.22. The number of anilines is 1. The number of carbonyl (C=O) groups excluding carboxylic acids is 1. The Hall–Kier alpha value is -1.16. The molecule has 2 unspecified atom stereocenters. The summed E-state index contributed by atoms with van der Waals surface area (Å²) in [4.78, 5) is 12.6. The highest BCUT2D eigenvalue weighted by atomic mass is 32.2. The van der Waals surface area contributed by atoms with Gasteiger partial charge in [-0.15, -0.1) is 11.8 Å². The van der Waals surface area contributed by atoms with Crippen molar-refractivity contribution in [3.05, 3.63) is 23.8 Å². The predicted octanol–water partition coefficient (Wildman–Crippen LogP) is 2.87. The Morgan fingerprint density at radius 2 is 2.06 bits per heavy atom.